The quantitative estimate of drug-likeness (QED) is 0.307. The molecule has 2 aliphatic rings. The third-order valence-corrected chi connectivity index (χ3v) is 10.0. The molecule has 0 atom stereocenters. The molecule has 3 aromatic rings. The molecular weight excluding hydrogens is 510 g/mol. The number of aromatic nitrogens is 1. The molecule has 1 aromatic carbocycles. The number of hydrogen-bond donors (Lipinski definition) is 1. The van der Waals surface area contributed by atoms with E-state index in [-0.39, 0.29) is 11.7 Å². The second kappa shape index (κ2) is 11.6. The molecule has 1 saturated carbocycles. The van der Waals surface area contributed by atoms with Crippen LogP contribution in [0.2, 0.25) is 0 Å². The number of anilines is 1. The normalized spacial score (nSPS) is 20.5. The van der Waals surface area contributed by atoms with Gasteiger partial charge in [-0.2, -0.15) is 0 Å². The molecular formula is C31H37N3O2S2. The maximum absolute atomic E-state index is 12.9. The summed E-state index contributed by atoms with van der Waals surface area (Å²) in [6.45, 7) is 8.20. The van der Waals surface area contributed by atoms with Crippen molar-refractivity contribution in [1.82, 2.24) is 9.88 Å². The van der Waals surface area contributed by atoms with Gasteiger partial charge in [-0.1, -0.05) is 32.8 Å². The van der Waals surface area contributed by atoms with Crippen LogP contribution in [0.5, 0.6) is 0 Å². The summed E-state index contributed by atoms with van der Waals surface area (Å²) in [5, 5.41) is 4.78. The first kappa shape index (κ1) is 27.0. The summed E-state index contributed by atoms with van der Waals surface area (Å²) >= 11 is 3.02. The molecule has 200 valence electrons. The molecule has 3 heterocycles. The predicted molar refractivity (Wildman–Crippen MR) is 159 cm³/mol. The number of likely N-dealkylation sites (N-methyl/N-ethyl adjacent to an activating group) is 1. The van der Waals surface area contributed by atoms with Crippen molar-refractivity contribution in [3.63, 3.8) is 0 Å². The van der Waals surface area contributed by atoms with E-state index in [1.54, 1.807) is 34.7 Å². The monoisotopic (exact) mass is 547 g/mol. The van der Waals surface area contributed by atoms with E-state index in [1.807, 2.05) is 6.07 Å². The van der Waals surface area contributed by atoms with Gasteiger partial charge >= 0.3 is 0 Å². The molecule has 38 heavy (non-hydrogen) atoms. The van der Waals surface area contributed by atoms with E-state index in [9.17, 15) is 9.59 Å². The van der Waals surface area contributed by atoms with Crippen molar-refractivity contribution in [2.45, 2.75) is 59.3 Å². The first-order chi connectivity index (χ1) is 18.3. The highest BCUT2D eigenvalue weighted by Gasteiger charge is 2.30. The van der Waals surface area contributed by atoms with Crippen molar-refractivity contribution in [2.75, 3.05) is 25.5 Å². The van der Waals surface area contributed by atoms with Gasteiger partial charge in [0.2, 0.25) is 0 Å². The van der Waals surface area contributed by atoms with Gasteiger partial charge in [0.25, 0.3) is 5.91 Å². The number of benzene rings is 1. The molecule has 1 aliphatic carbocycles. The molecule has 1 N–H and O–H groups in total. The Kier molecular flexibility index (Phi) is 8.26. The van der Waals surface area contributed by atoms with Crippen LogP contribution in [-0.4, -0.2) is 41.7 Å². The highest BCUT2D eigenvalue weighted by Crippen LogP contribution is 2.44. The summed E-state index contributed by atoms with van der Waals surface area (Å²) in [6, 6.07) is 8.45. The van der Waals surface area contributed by atoms with Crippen molar-refractivity contribution in [3.8, 4) is 10.4 Å². The van der Waals surface area contributed by atoms with Gasteiger partial charge in [0, 0.05) is 29.0 Å². The number of carbonyl (C=O) groups excluding carboxylic acids is 2. The lowest BCUT2D eigenvalue weighted by Crippen LogP contribution is -2.31. The molecule has 0 radical (unpaired) electrons. The summed E-state index contributed by atoms with van der Waals surface area (Å²) in [6.07, 6.45) is 6.90. The summed E-state index contributed by atoms with van der Waals surface area (Å²) in [7, 11) is 2.22. The number of amides is 1. The maximum atomic E-state index is 12.9. The van der Waals surface area contributed by atoms with Crippen LogP contribution in [0.1, 0.15) is 84.2 Å². The summed E-state index contributed by atoms with van der Waals surface area (Å²) < 4.78 is 0. The average molecular weight is 548 g/mol. The first-order valence-corrected chi connectivity index (χ1v) is 15.5. The van der Waals surface area contributed by atoms with Gasteiger partial charge in [-0.05, 0) is 97.5 Å². The smallest absolute Gasteiger partial charge is 0.275 e. The molecule has 5 rings (SSSR count). The minimum atomic E-state index is -0.190. The number of thiophene rings is 1. The van der Waals surface area contributed by atoms with Gasteiger partial charge in [-0.25, -0.2) is 4.98 Å². The number of Topliss-reactive ketones (excluding diaryl/α,β-unsaturated/α-hetero) is 1. The third-order valence-electron chi connectivity index (χ3n) is 8.14. The predicted octanol–water partition coefficient (Wildman–Crippen LogP) is 7.80. The molecule has 1 amide bonds. The molecule has 1 aliphatic heterocycles. The van der Waals surface area contributed by atoms with Crippen LogP contribution in [0.25, 0.3) is 16.0 Å². The van der Waals surface area contributed by atoms with Gasteiger partial charge in [0.15, 0.2) is 5.78 Å². The van der Waals surface area contributed by atoms with Gasteiger partial charge in [-0.3, -0.25) is 9.59 Å². The van der Waals surface area contributed by atoms with Crippen molar-refractivity contribution in [3.05, 3.63) is 62.4 Å². The second-order valence-electron chi connectivity index (χ2n) is 10.9. The zero-order valence-corrected chi connectivity index (χ0v) is 24.4. The lowest BCUT2D eigenvalue weighted by Gasteiger charge is -2.35. The van der Waals surface area contributed by atoms with Gasteiger partial charge in [-0.15, -0.1) is 22.7 Å². The fourth-order valence-corrected chi connectivity index (χ4v) is 7.52. The Labute approximate surface area is 234 Å². The van der Waals surface area contributed by atoms with Crippen LogP contribution in [0, 0.1) is 11.8 Å². The van der Waals surface area contributed by atoms with E-state index in [4.69, 9.17) is 0 Å². The van der Waals surface area contributed by atoms with E-state index >= 15 is 0 Å². The lowest BCUT2D eigenvalue weighted by atomic mass is 9.75. The molecule has 0 saturated heterocycles. The number of thiazole rings is 1. The fraction of sp³-hybridized carbons (Fsp3) is 0.452. The fourth-order valence-electron chi connectivity index (χ4n) is 5.91. The standard InChI is InChI=1S/C31H37N3O2S2/c1-5-21-14-23(10-11-27(21)33-31(36)28-17-37-18-32-28)29-15-25(30(38-29)20(3)35)24-12-13-34(4)16-26(24)22-8-6-19(2)7-9-22/h10-11,14-15,17-19,22H,5-9,12-13,16H2,1-4H3,(H,33,36). The highest BCUT2D eigenvalue weighted by atomic mass is 32.1. The minimum Gasteiger partial charge on any atom is -0.320 e. The van der Waals surface area contributed by atoms with Crippen LogP contribution >= 0.6 is 22.7 Å². The van der Waals surface area contributed by atoms with E-state index in [2.05, 4.69) is 54.3 Å². The highest BCUT2D eigenvalue weighted by molar-refractivity contribution is 7.17. The number of carbonyl (C=O) groups is 2. The zero-order chi connectivity index (χ0) is 26.8. The Morgan fingerprint density at radius 3 is 2.63 bits per heavy atom. The maximum Gasteiger partial charge on any atom is 0.275 e. The van der Waals surface area contributed by atoms with Crippen LogP contribution in [0.15, 0.2) is 40.7 Å². The molecule has 0 unspecified atom stereocenters. The van der Waals surface area contributed by atoms with Gasteiger partial charge < -0.3 is 10.2 Å². The van der Waals surface area contributed by atoms with Crippen LogP contribution < -0.4 is 5.32 Å². The molecule has 0 bridgehead atoms. The molecule has 0 spiro atoms. The molecule has 5 nitrogen and oxygen atoms in total. The van der Waals surface area contributed by atoms with Gasteiger partial charge in [0.05, 0.1) is 10.4 Å². The van der Waals surface area contributed by atoms with Crippen molar-refractivity contribution < 1.29 is 9.59 Å². The third kappa shape index (κ3) is 5.70. The Morgan fingerprint density at radius 1 is 1.16 bits per heavy atom. The van der Waals surface area contributed by atoms with E-state index in [0.29, 0.717) is 11.6 Å². The molecule has 1 fully saturated rings. The van der Waals surface area contributed by atoms with Crippen LogP contribution in [0.3, 0.4) is 0 Å². The number of ketones is 1. The summed E-state index contributed by atoms with van der Waals surface area (Å²) in [4.78, 5) is 34.0. The topological polar surface area (TPSA) is 62.3 Å². The summed E-state index contributed by atoms with van der Waals surface area (Å²) in [5.74, 6) is 1.39. The number of aryl methyl sites for hydroxylation is 1. The summed E-state index contributed by atoms with van der Waals surface area (Å²) in [5.41, 5.74) is 9.20. The Hall–Kier alpha value is -2.61. The van der Waals surface area contributed by atoms with Crippen LogP contribution in [0.4, 0.5) is 5.69 Å². The van der Waals surface area contributed by atoms with Crippen LogP contribution in [-0.2, 0) is 6.42 Å². The Morgan fingerprint density at radius 2 is 1.95 bits per heavy atom. The van der Waals surface area contributed by atoms with E-state index in [0.717, 1.165) is 64.0 Å². The van der Waals surface area contributed by atoms with Crippen molar-refractivity contribution in [1.29, 1.82) is 0 Å². The number of hydrogen-bond acceptors (Lipinski definition) is 6. The van der Waals surface area contributed by atoms with Crippen molar-refractivity contribution in [2.24, 2.45) is 11.8 Å². The molecule has 2 aromatic heterocycles. The van der Waals surface area contributed by atoms with E-state index < -0.39 is 0 Å². The second-order valence-corrected chi connectivity index (χ2v) is 12.7. The Balaban J connectivity index is 1.50. The number of nitrogens with zero attached hydrogens (tertiary/aromatic N) is 2. The number of nitrogens with one attached hydrogen (secondary N) is 1. The van der Waals surface area contributed by atoms with E-state index in [1.165, 1.54) is 42.6 Å². The van der Waals surface area contributed by atoms with Gasteiger partial charge in [0.1, 0.15) is 5.69 Å². The minimum absolute atomic E-state index is 0.141. The molecule has 7 heteroatoms. The largest absolute Gasteiger partial charge is 0.320 e. The average Bonchev–Trinajstić information content (AvgIpc) is 3.60. The SMILES string of the molecule is CCc1cc(-c2cc(C3=C(C4CCC(C)CC4)CN(C)CC3)c(C(C)=O)s2)ccc1NC(=O)c1cscn1. The first-order valence-electron chi connectivity index (χ1n) is 13.7. The Bertz CT molecular complexity index is 1350. The van der Waals surface area contributed by atoms with Crippen molar-refractivity contribution >= 4 is 45.6 Å². The lowest BCUT2D eigenvalue weighted by molar-refractivity contribution is 0.101. The number of rotatable bonds is 7. The zero-order valence-electron chi connectivity index (χ0n) is 22.8.